The summed E-state index contributed by atoms with van der Waals surface area (Å²) in [6, 6.07) is 19.0. The van der Waals surface area contributed by atoms with E-state index >= 15 is 0 Å². The molecule has 2 rings (SSSR count). The van der Waals surface area contributed by atoms with Gasteiger partial charge in [0.15, 0.2) is 0 Å². The topological polar surface area (TPSA) is 58.6 Å². The van der Waals surface area contributed by atoms with Crippen LogP contribution in [0.4, 0.5) is 10.5 Å². The van der Waals surface area contributed by atoms with Gasteiger partial charge in [0.05, 0.1) is 0 Å². The number of anilines is 1. The van der Waals surface area contributed by atoms with E-state index in [9.17, 15) is 9.59 Å². The summed E-state index contributed by atoms with van der Waals surface area (Å²) < 4.78 is 0. The van der Waals surface area contributed by atoms with E-state index in [1.165, 1.54) is 10.5 Å². The summed E-state index contributed by atoms with van der Waals surface area (Å²) >= 11 is 0. The predicted molar refractivity (Wildman–Crippen MR) is 88.8 cm³/mol. The van der Waals surface area contributed by atoms with Crippen LogP contribution in [0.15, 0.2) is 60.7 Å². The van der Waals surface area contributed by atoms with E-state index < -0.39 is 6.09 Å². The Morgan fingerprint density at radius 2 is 1.61 bits per heavy atom. The molecule has 2 aromatic rings. The van der Waals surface area contributed by atoms with Gasteiger partial charge in [-0.25, -0.2) is 4.79 Å². The molecule has 0 fully saturated rings. The van der Waals surface area contributed by atoms with Gasteiger partial charge in [0, 0.05) is 19.2 Å². The van der Waals surface area contributed by atoms with Gasteiger partial charge in [0.1, 0.15) is 0 Å². The van der Waals surface area contributed by atoms with Gasteiger partial charge >= 0.3 is 6.09 Å². The maximum atomic E-state index is 11.8. The number of hydroxylamine groups is 1. The van der Waals surface area contributed by atoms with Crippen LogP contribution < -0.4 is 10.4 Å². The highest BCUT2D eigenvalue weighted by molar-refractivity contribution is 5.88. The van der Waals surface area contributed by atoms with E-state index in [-0.39, 0.29) is 5.91 Å². The quantitative estimate of drug-likeness (QED) is 0.862. The first-order chi connectivity index (χ1) is 11.2. The van der Waals surface area contributed by atoms with Gasteiger partial charge in [-0.05, 0) is 30.5 Å². The van der Waals surface area contributed by atoms with Crippen molar-refractivity contribution in [3.05, 3.63) is 66.2 Å². The number of nitrogens with zero attached hydrogens (tertiary/aromatic N) is 1. The molecule has 0 aliphatic heterocycles. The molecule has 0 saturated carbocycles. The average Bonchev–Trinajstić information content (AvgIpc) is 2.60. The molecule has 2 amide bonds. The zero-order valence-corrected chi connectivity index (χ0v) is 13.1. The first-order valence-corrected chi connectivity index (χ1v) is 7.49. The number of rotatable bonds is 5. The molecule has 0 spiro atoms. The Hall–Kier alpha value is -2.82. The number of hydrogen-bond donors (Lipinski definition) is 1. The number of carbonyl (C=O) groups excluding carboxylic acids is 2. The van der Waals surface area contributed by atoms with Gasteiger partial charge in [-0.1, -0.05) is 48.5 Å². The van der Waals surface area contributed by atoms with Crippen molar-refractivity contribution in [3.8, 4) is 0 Å². The first kappa shape index (κ1) is 16.5. The minimum atomic E-state index is -0.632. The van der Waals surface area contributed by atoms with Gasteiger partial charge < -0.3 is 4.84 Å². The van der Waals surface area contributed by atoms with Crippen LogP contribution >= 0.6 is 0 Å². The van der Waals surface area contributed by atoms with Crippen LogP contribution in [-0.4, -0.2) is 19.0 Å². The standard InChI is InChI=1S/C18H20N2O3/c1-20(16-12-6-3-7-13-16)18(22)23-19-17(21)14-8-11-15-9-4-2-5-10-15/h2-7,9-10,12-13H,8,11,14H2,1H3,(H,19,21). The van der Waals surface area contributed by atoms with Gasteiger partial charge in [-0.2, -0.15) is 5.48 Å². The van der Waals surface area contributed by atoms with Crippen molar-refractivity contribution in [2.45, 2.75) is 19.3 Å². The predicted octanol–water partition coefficient (Wildman–Crippen LogP) is 3.31. The highest BCUT2D eigenvalue weighted by atomic mass is 16.7. The SMILES string of the molecule is CN(C(=O)ONC(=O)CCCc1ccccc1)c1ccccc1. The summed E-state index contributed by atoms with van der Waals surface area (Å²) in [5.74, 6) is -0.309. The largest absolute Gasteiger partial charge is 0.438 e. The van der Waals surface area contributed by atoms with E-state index in [1.807, 2.05) is 48.5 Å². The highest BCUT2D eigenvalue weighted by Crippen LogP contribution is 2.11. The van der Waals surface area contributed by atoms with Crippen molar-refractivity contribution in [1.29, 1.82) is 0 Å². The van der Waals surface area contributed by atoms with Crippen molar-refractivity contribution >= 4 is 17.7 Å². The van der Waals surface area contributed by atoms with Crippen molar-refractivity contribution in [3.63, 3.8) is 0 Å². The van der Waals surface area contributed by atoms with Gasteiger partial charge in [0.25, 0.3) is 5.91 Å². The Labute approximate surface area is 135 Å². The third-order valence-electron chi connectivity index (χ3n) is 3.38. The molecule has 0 bridgehead atoms. The zero-order chi connectivity index (χ0) is 16.5. The molecule has 1 N–H and O–H groups in total. The molecule has 120 valence electrons. The second kappa shape index (κ2) is 8.58. The molecule has 23 heavy (non-hydrogen) atoms. The van der Waals surface area contributed by atoms with Gasteiger partial charge in [-0.15, -0.1) is 0 Å². The van der Waals surface area contributed by atoms with E-state index in [2.05, 4.69) is 5.48 Å². The van der Waals surface area contributed by atoms with Crippen molar-refractivity contribution in [1.82, 2.24) is 5.48 Å². The van der Waals surface area contributed by atoms with Crippen LogP contribution in [0, 0.1) is 0 Å². The lowest BCUT2D eigenvalue weighted by atomic mass is 10.1. The summed E-state index contributed by atoms with van der Waals surface area (Å²) in [4.78, 5) is 29.7. The number of nitrogens with one attached hydrogen (secondary N) is 1. The fraction of sp³-hybridized carbons (Fsp3) is 0.222. The van der Waals surface area contributed by atoms with E-state index in [0.29, 0.717) is 18.5 Å². The maximum Gasteiger partial charge on any atom is 0.438 e. The third kappa shape index (κ3) is 5.47. The number of carbonyl (C=O) groups is 2. The van der Waals surface area contributed by atoms with Gasteiger partial charge in [-0.3, -0.25) is 9.69 Å². The average molecular weight is 312 g/mol. The Balaban J connectivity index is 1.68. The lowest BCUT2D eigenvalue weighted by Gasteiger charge is -2.16. The maximum absolute atomic E-state index is 11.8. The molecular formula is C18H20N2O3. The molecule has 0 unspecified atom stereocenters. The van der Waals surface area contributed by atoms with Gasteiger partial charge in [0.2, 0.25) is 0 Å². The van der Waals surface area contributed by atoms with Crippen LogP contribution in [0.5, 0.6) is 0 Å². The summed E-state index contributed by atoms with van der Waals surface area (Å²) in [5.41, 5.74) is 4.06. The third-order valence-corrected chi connectivity index (χ3v) is 3.38. The Morgan fingerprint density at radius 1 is 1.00 bits per heavy atom. The normalized spacial score (nSPS) is 9.96. The second-order valence-electron chi connectivity index (χ2n) is 5.13. The molecule has 0 aromatic heterocycles. The minimum absolute atomic E-state index is 0.303. The molecule has 5 heteroatoms. The second-order valence-corrected chi connectivity index (χ2v) is 5.13. The minimum Gasteiger partial charge on any atom is -0.321 e. The van der Waals surface area contributed by atoms with Crippen molar-refractivity contribution < 1.29 is 14.4 Å². The Morgan fingerprint density at radius 3 is 2.26 bits per heavy atom. The summed E-state index contributed by atoms with van der Waals surface area (Å²) in [6.07, 6.45) is 1.18. The van der Waals surface area contributed by atoms with E-state index in [1.54, 1.807) is 19.2 Å². The number of hydrogen-bond acceptors (Lipinski definition) is 3. The molecule has 5 nitrogen and oxygen atoms in total. The van der Waals surface area contributed by atoms with Crippen LogP contribution in [0.1, 0.15) is 18.4 Å². The lowest BCUT2D eigenvalue weighted by Crippen LogP contribution is -2.35. The summed E-state index contributed by atoms with van der Waals surface area (Å²) in [7, 11) is 1.58. The molecule has 0 radical (unpaired) electrons. The van der Waals surface area contributed by atoms with Crippen molar-refractivity contribution in [2.24, 2.45) is 0 Å². The molecule has 0 saturated heterocycles. The molecule has 0 heterocycles. The number of amides is 2. The fourth-order valence-electron chi connectivity index (χ4n) is 2.07. The molecule has 2 aromatic carbocycles. The van der Waals surface area contributed by atoms with E-state index in [0.717, 1.165) is 6.42 Å². The molecule has 0 atom stereocenters. The number of para-hydroxylation sites is 1. The fourth-order valence-corrected chi connectivity index (χ4v) is 2.07. The molecule has 0 aliphatic carbocycles. The van der Waals surface area contributed by atoms with Crippen LogP contribution in [-0.2, 0) is 16.1 Å². The summed E-state index contributed by atoms with van der Waals surface area (Å²) in [5, 5.41) is 0. The van der Waals surface area contributed by atoms with Crippen molar-refractivity contribution in [2.75, 3.05) is 11.9 Å². The first-order valence-electron chi connectivity index (χ1n) is 7.49. The van der Waals surface area contributed by atoms with Crippen LogP contribution in [0.3, 0.4) is 0 Å². The monoisotopic (exact) mass is 312 g/mol. The Kier molecular flexibility index (Phi) is 6.17. The number of benzene rings is 2. The van der Waals surface area contributed by atoms with Crippen LogP contribution in [0.2, 0.25) is 0 Å². The smallest absolute Gasteiger partial charge is 0.321 e. The zero-order valence-electron chi connectivity index (χ0n) is 13.1. The van der Waals surface area contributed by atoms with E-state index in [4.69, 9.17) is 4.84 Å². The molecular weight excluding hydrogens is 292 g/mol. The molecule has 0 aliphatic rings. The Bertz CT molecular complexity index is 629. The summed E-state index contributed by atoms with van der Waals surface area (Å²) in [6.45, 7) is 0. The van der Waals surface area contributed by atoms with Crippen LogP contribution in [0.25, 0.3) is 0 Å². The highest BCUT2D eigenvalue weighted by Gasteiger charge is 2.13. The lowest BCUT2D eigenvalue weighted by molar-refractivity contribution is -0.129. The number of aryl methyl sites for hydroxylation is 1.